The number of nitrogens with one attached hydrogen (secondary N) is 2. The lowest BCUT2D eigenvalue weighted by atomic mass is 10.2. The lowest BCUT2D eigenvalue weighted by Gasteiger charge is -2.23. The summed E-state index contributed by atoms with van der Waals surface area (Å²) in [6, 6.07) is 16.9. The number of benzene rings is 3. The molecule has 0 aromatic heterocycles. The first-order valence-electron chi connectivity index (χ1n) is 9.88. The monoisotopic (exact) mass is 452 g/mol. The minimum absolute atomic E-state index is 0.0505. The van der Waals surface area contributed by atoms with Gasteiger partial charge in [0.2, 0.25) is 0 Å². The predicted molar refractivity (Wildman–Crippen MR) is 121 cm³/mol. The fourth-order valence-corrected chi connectivity index (χ4v) is 2.98. The number of hydrogen-bond donors (Lipinski definition) is 2. The molecule has 0 aliphatic heterocycles. The molecular formula is C23H21FN4O5. The maximum absolute atomic E-state index is 13.4. The summed E-state index contributed by atoms with van der Waals surface area (Å²) >= 11 is 0. The zero-order chi connectivity index (χ0) is 23.8. The van der Waals surface area contributed by atoms with Gasteiger partial charge in [0.1, 0.15) is 11.6 Å². The molecule has 0 heterocycles. The van der Waals surface area contributed by atoms with E-state index in [1.165, 1.54) is 60.5 Å². The van der Waals surface area contributed by atoms with Crippen LogP contribution in [0.5, 0.6) is 5.75 Å². The number of hydrogen-bond acceptors (Lipinski definition) is 5. The van der Waals surface area contributed by atoms with Gasteiger partial charge in [-0.1, -0.05) is 6.07 Å². The number of carbonyl (C=O) groups excluding carboxylic acids is 2. The van der Waals surface area contributed by atoms with E-state index in [0.29, 0.717) is 17.1 Å². The lowest BCUT2D eigenvalue weighted by molar-refractivity contribution is -0.384. The number of rotatable bonds is 8. The van der Waals surface area contributed by atoms with E-state index in [4.69, 9.17) is 4.74 Å². The Hall–Kier alpha value is -4.47. The zero-order valence-electron chi connectivity index (χ0n) is 17.7. The number of nitrogens with zero attached hydrogens (tertiary/aromatic N) is 2. The van der Waals surface area contributed by atoms with Crippen molar-refractivity contribution in [3.05, 3.63) is 94.3 Å². The molecule has 3 rings (SSSR count). The Bertz CT molecular complexity index is 1140. The molecule has 0 radical (unpaired) electrons. The molecule has 33 heavy (non-hydrogen) atoms. The average Bonchev–Trinajstić information content (AvgIpc) is 2.83. The van der Waals surface area contributed by atoms with Crippen LogP contribution in [-0.4, -0.2) is 37.1 Å². The summed E-state index contributed by atoms with van der Waals surface area (Å²) in [5.41, 5.74) is 0.871. The van der Waals surface area contributed by atoms with Crippen molar-refractivity contribution in [1.29, 1.82) is 0 Å². The zero-order valence-corrected chi connectivity index (χ0v) is 17.7. The normalized spacial score (nSPS) is 10.2. The topological polar surface area (TPSA) is 114 Å². The summed E-state index contributed by atoms with van der Waals surface area (Å²) in [5.74, 6) is -0.339. The number of anilines is 2. The van der Waals surface area contributed by atoms with E-state index in [1.807, 2.05) is 0 Å². The van der Waals surface area contributed by atoms with Crippen LogP contribution in [0.1, 0.15) is 10.4 Å². The van der Waals surface area contributed by atoms with Crippen molar-refractivity contribution in [3.63, 3.8) is 0 Å². The van der Waals surface area contributed by atoms with Crippen LogP contribution < -0.4 is 20.3 Å². The number of nitro groups is 1. The largest absolute Gasteiger partial charge is 0.497 e. The maximum atomic E-state index is 13.4. The molecule has 3 aromatic rings. The molecular weight excluding hydrogens is 431 g/mol. The van der Waals surface area contributed by atoms with Crippen LogP contribution >= 0.6 is 0 Å². The van der Waals surface area contributed by atoms with E-state index in [1.54, 1.807) is 24.3 Å². The Kier molecular flexibility index (Phi) is 7.53. The molecule has 9 nitrogen and oxygen atoms in total. The highest BCUT2D eigenvalue weighted by atomic mass is 19.1. The van der Waals surface area contributed by atoms with Crippen LogP contribution in [0.25, 0.3) is 0 Å². The van der Waals surface area contributed by atoms with Gasteiger partial charge in [0, 0.05) is 42.2 Å². The van der Waals surface area contributed by atoms with Gasteiger partial charge in [-0.05, 0) is 54.6 Å². The maximum Gasteiger partial charge on any atom is 0.326 e. The second-order valence-electron chi connectivity index (χ2n) is 6.85. The number of amides is 3. The summed E-state index contributed by atoms with van der Waals surface area (Å²) in [5, 5.41) is 16.3. The van der Waals surface area contributed by atoms with E-state index >= 15 is 0 Å². The van der Waals surface area contributed by atoms with Crippen molar-refractivity contribution in [2.75, 3.05) is 30.4 Å². The standard InChI is InChI=1S/C23H21FN4O5/c1-33-21-11-7-18(8-12-21)26-23(30)27(19-9-5-17(24)6-10-19)14-13-25-22(29)16-3-2-4-20(15-16)28(31)32/h2-12,15H,13-14H2,1H3,(H,25,29)(H,26,30). The minimum atomic E-state index is -0.587. The number of carbonyl (C=O) groups is 2. The summed E-state index contributed by atoms with van der Waals surface area (Å²) < 4.78 is 18.5. The van der Waals surface area contributed by atoms with Gasteiger partial charge in [-0.3, -0.25) is 19.8 Å². The molecule has 0 aliphatic rings. The van der Waals surface area contributed by atoms with Crippen LogP contribution in [0.15, 0.2) is 72.8 Å². The SMILES string of the molecule is COc1ccc(NC(=O)N(CCNC(=O)c2cccc([N+](=O)[O-])c2)c2ccc(F)cc2)cc1. The number of halogens is 1. The first kappa shape index (κ1) is 23.2. The van der Waals surface area contributed by atoms with Crippen molar-refractivity contribution in [2.45, 2.75) is 0 Å². The third-order valence-electron chi connectivity index (χ3n) is 4.66. The highest BCUT2D eigenvalue weighted by Gasteiger charge is 2.17. The second-order valence-corrected chi connectivity index (χ2v) is 6.85. The Morgan fingerprint density at radius 2 is 1.76 bits per heavy atom. The van der Waals surface area contributed by atoms with Crippen molar-refractivity contribution in [1.82, 2.24) is 5.32 Å². The highest BCUT2D eigenvalue weighted by Crippen LogP contribution is 2.19. The first-order chi connectivity index (χ1) is 15.9. The molecule has 3 aromatic carbocycles. The molecule has 0 unspecified atom stereocenters. The smallest absolute Gasteiger partial charge is 0.326 e. The quantitative estimate of drug-likeness (QED) is 0.393. The van der Waals surface area contributed by atoms with Crippen LogP contribution in [-0.2, 0) is 0 Å². The molecule has 0 saturated heterocycles. The fraction of sp³-hybridized carbons (Fsp3) is 0.130. The van der Waals surface area contributed by atoms with Crippen molar-refractivity contribution in [2.24, 2.45) is 0 Å². The molecule has 3 amide bonds. The third kappa shape index (κ3) is 6.26. The Morgan fingerprint density at radius 3 is 2.39 bits per heavy atom. The van der Waals surface area contributed by atoms with Crippen LogP contribution in [0.4, 0.5) is 26.2 Å². The van der Waals surface area contributed by atoms with Gasteiger partial charge in [-0.25, -0.2) is 9.18 Å². The van der Waals surface area contributed by atoms with E-state index in [0.717, 1.165) is 0 Å². The summed E-state index contributed by atoms with van der Waals surface area (Å²) in [6.07, 6.45) is 0. The molecule has 0 spiro atoms. The van der Waals surface area contributed by atoms with Gasteiger partial charge in [-0.2, -0.15) is 0 Å². The van der Waals surface area contributed by atoms with E-state index in [-0.39, 0.29) is 24.3 Å². The number of nitro benzene ring substituents is 1. The predicted octanol–water partition coefficient (Wildman–Crippen LogP) is 4.21. The number of ether oxygens (including phenoxy) is 1. The minimum Gasteiger partial charge on any atom is -0.497 e. The summed E-state index contributed by atoms with van der Waals surface area (Å²) in [6.45, 7) is 0.114. The molecule has 0 fully saturated rings. The number of urea groups is 1. The molecule has 10 heteroatoms. The molecule has 0 atom stereocenters. The van der Waals surface area contributed by atoms with E-state index < -0.39 is 22.7 Å². The van der Waals surface area contributed by atoms with Gasteiger partial charge in [0.25, 0.3) is 11.6 Å². The Morgan fingerprint density at radius 1 is 1.06 bits per heavy atom. The molecule has 0 bridgehead atoms. The average molecular weight is 452 g/mol. The van der Waals surface area contributed by atoms with E-state index in [9.17, 15) is 24.1 Å². The molecule has 170 valence electrons. The summed E-state index contributed by atoms with van der Waals surface area (Å²) in [4.78, 5) is 37.0. The van der Waals surface area contributed by atoms with Crippen LogP contribution in [0.3, 0.4) is 0 Å². The molecule has 2 N–H and O–H groups in total. The summed E-state index contributed by atoms with van der Waals surface area (Å²) in [7, 11) is 1.53. The number of non-ortho nitro benzene ring substituents is 1. The van der Waals surface area contributed by atoms with Crippen molar-refractivity contribution >= 4 is 29.0 Å². The van der Waals surface area contributed by atoms with Gasteiger partial charge in [-0.15, -0.1) is 0 Å². The van der Waals surface area contributed by atoms with Gasteiger partial charge in [0.15, 0.2) is 0 Å². The Balaban J connectivity index is 1.69. The second kappa shape index (κ2) is 10.7. The van der Waals surface area contributed by atoms with Crippen molar-refractivity contribution in [3.8, 4) is 5.75 Å². The molecule has 0 aliphatic carbocycles. The molecule has 0 saturated carbocycles. The van der Waals surface area contributed by atoms with Gasteiger partial charge < -0.3 is 15.4 Å². The van der Waals surface area contributed by atoms with Crippen LogP contribution in [0.2, 0.25) is 0 Å². The van der Waals surface area contributed by atoms with E-state index in [2.05, 4.69) is 10.6 Å². The van der Waals surface area contributed by atoms with Crippen molar-refractivity contribution < 1.29 is 23.6 Å². The fourth-order valence-electron chi connectivity index (χ4n) is 2.98. The van der Waals surface area contributed by atoms with Crippen LogP contribution in [0, 0.1) is 15.9 Å². The number of methoxy groups -OCH3 is 1. The van der Waals surface area contributed by atoms with Gasteiger partial charge in [0.05, 0.1) is 12.0 Å². The first-order valence-corrected chi connectivity index (χ1v) is 9.88. The van der Waals surface area contributed by atoms with Gasteiger partial charge >= 0.3 is 6.03 Å². The third-order valence-corrected chi connectivity index (χ3v) is 4.66. The highest BCUT2D eigenvalue weighted by molar-refractivity contribution is 6.02. The Labute approximate surface area is 188 Å². The lowest BCUT2D eigenvalue weighted by Crippen LogP contribution is -2.41.